The highest BCUT2D eigenvalue weighted by molar-refractivity contribution is 6.08. The van der Waals surface area contributed by atoms with E-state index in [-0.39, 0.29) is 18.6 Å². The molecule has 3 heterocycles. The third-order valence-corrected chi connectivity index (χ3v) is 3.35. The molecule has 1 aromatic carbocycles. The molecule has 1 saturated heterocycles. The van der Waals surface area contributed by atoms with E-state index in [2.05, 4.69) is 0 Å². The van der Waals surface area contributed by atoms with Crippen LogP contribution in [-0.2, 0) is 4.79 Å². The zero-order chi connectivity index (χ0) is 12.3. The predicted molar refractivity (Wildman–Crippen MR) is 57.4 cm³/mol. The maximum atomic E-state index is 12.2. The summed E-state index contributed by atoms with van der Waals surface area (Å²) in [5.41, 5.74) is 0.353. The monoisotopic (exact) mass is 247 g/mol. The molecule has 4 rings (SSSR count). The highest BCUT2D eigenvalue weighted by Gasteiger charge is 2.43. The highest BCUT2D eigenvalue weighted by atomic mass is 16.7. The molecule has 2 amide bonds. The van der Waals surface area contributed by atoms with Gasteiger partial charge in [0.05, 0.1) is 5.56 Å². The van der Waals surface area contributed by atoms with Gasteiger partial charge in [-0.3, -0.25) is 9.59 Å². The molecule has 1 unspecified atom stereocenters. The number of imide groups is 1. The predicted octanol–water partition coefficient (Wildman–Crippen LogP) is 0.896. The Kier molecular flexibility index (Phi) is 1.71. The molecule has 1 atom stereocenters. The minimum atomic E-state index is -0.474. The van der Waals surface area contributed by atoms with E-state index in [1.165, 1.54) is 4.90 Å². The molecule has 0 N–H and O–H groups in total. The summed E-state index contributed by atoms with van der Waals surface area (Å²) < 4.78 is 16.1. The first-order valence-corrected chi connectivity index (χ1v) is 5.71. The number of amides is 2. The maximum absolute atomic E-state index is 12.2. The molecule has 0 aromatic heterocycles. The summed E-state index contributed by atoms with van der Waals surface area (Å²) in [6, 6.07) is 3.22. The first-order chi connectivity index (χ1) is 8.74. The number of carbonyl (C=O) groups is 2. The topological polar surface area (TPSA) is 65.1 Å². The number of rotatable bonds is 0. The van der Waals surface area contributed by atoms with Crippen LogP contribution in [0.25, 0.3) is 0 Å². The van der Waals surface area contributed by atoms with E-state index >= 15 is 0 Å². The van der Waals surface area contributed by atoms with Crippen LogP contribution in [0.15, 0.2) is 12.1 Å². The average Bonchev–Trinajstić information content (AvgIpc) is 2.94. The SMILES string of the molecule is O=C1CCC2Oc3cc4c(cc3C(=O)N12)OCO4. The summed E-state index contributed by atoms with van der Waals surface area (Å²) in [4.78, 5) is 25.1. The molecule has 3 aliphatic heterocycles. The normalized spacial score (nSPS) is 23.8. The van der Waals surface area contributed by atoms with Crippen LogP contribution < -0.4 is 14.2 Å². The highest BCUT2D eigenvalue weighted by Crippen LogP contribution is 2.42. The fourth-order valence-electron chi connectivity index (χ4n) is 2.48. The second-order valence-electron chi connectivity index (χ2n) is 4.38. The average molecular weight is 247 g/mol. The third kappa shape index (κ3) is 1.12. The lowest BCUT2D eigenvalue weighted by Gasteiger charge is -2.30. The lowest BCUT2D eigenvalue weighted by molar-refractivity contribution is -0.129. The molecule has 18 heavy (non-hydrogen) atoms. The molecule has 3 aliphatic rings. The molecule has 0 bridgehead atoms. The van der Waals surface area contributed by atoms with Gasteiger partial charge < -0.3 is 14.2 Å². The van der Waals surface area contributed by atoms with Gasteiger partial charge in [0.2, 0.25) is 12.7 Å². The molecule has 1 fully saturated rings. The van der Waals surface area contributed by atoms with Crippen molar-refractivity contribution in [1.82, 2.24) is 4.90 Å². The first-order valence-electron chi connectivity index (χ1n) is 5.71. The summed E-state index contributed by atoms with van der Waals surface area (Å²) >= 11 is 0. The fraction of sp³-hybridized carbons (Fsp3) is 0.333. The number of fused-ring (bicyclic) bond motifs is 3. The van der Waals surface area contributed by atoms with Gasteiger partial charge in [0.25, 0.3) is 5.91 Å². The van der Waals surface area contributed by atoms with Crippen molar-refractivity contribution in [3.8, 4) is 17.2 Å². The van der Waals surface area contributed by atoms with Gasteiger partial charge >= 0.3 is 0 Å². The Morgan fingerprint density at radius 3 is 2.72 bits per heavy atom. The van der Waals surface area contributed by atoms with Crippen molar-refractivity contribution >= 4 is 11.8 Å². The van der Waals surface area contributed by atoms with E-state index in [1.54, 1.807) is 12.1 Å². The van der Waals surface area contributed by atoms with Crippen LogP contribution >= 0.6 is 0 Å². The van der Waals surface area contributed by atoms with Crippen molar-refractivity contribution in [2.24, 2.45) is 0 Å². The van der Waals surface area contributed by atoms with Crippen molar-refractivity contribution in [1.29, 1.82) is 0 Å². The first kappa shape index (κ1) is 9.76. The van der Waals surface area contributed by atoms with Gasteiger partial charge in [0, 0.05) is 25.0 Å². The second-order valence-corrected chi connectivity index (χ2v) is 4.38. The lowest BCUT2D eigenvalue weighted by atomic mass is 10.1. The number of ether oxygens (including phenoxy) is 3. The van der Waals surface area contributed by atoms with Gasteiger partial charge in [-0.05, 0) is 0 Å². The summed E-state index contributed by atoms with van der Waals surface area (Å²) in [7, 11) is 0. The van der Waals surface area contributed by atoms with E-state index in [1.807, 2.05) is 0 Å². The van der Waals surface area contributed by atoms with Crippen LogP contribution in [0.4, 0.5) is 0 Å². The fourth-order valence-corrected chi connectivity index (χ4v) is 2.48. The summed E-state index contributed by atoms with van der Waals surface area (Å²) in [5, 5.41) is 0. The molecule has 6 nitrogen and oxygen atoms in total. The van der Waals surface area contributed by atoms with Crippen LogP contribution in [0.1, 0.15) is 23.2 Å². The molecule has 1 aromatic rings. The van der Waals surface area contributed by atoms with Gasteiger partial charge in [0.1, 0.15) is 5.75 Å². The van der Waals surface area contributed by atoms with Crippen molar-refractivity contribution in [2.75, 3.05) is 6.79 Å². The van der Waals surface area contributed by atoms with Gasteiger partial charge in [-0.25, -0.2) is 4.90 Å². The quantitative estimate of drug-likeness (QED) is 0.637. The van der Waals surface area contributed by atoms with E-state index in [0.29, 0.717) is 35.7 Å². The Morgan fingerprint density at radius 2 is 1.89 bits per heavy atom. The minimum absolute atomic E-state index is 0.137. The number of benzene rings is 1. The van der Waals surface area contributed by atoms with Gasteiger partial charge in [-0.15, -0.1) is 0 Å². The van der Waals surface area contributed by atoms with Crippen LogP contribution in [0.5, 0.6) is 17.2 Å². The summed E-state index contributed by atoms with van der Waals surface area (Å²) in [5.74, 6) is 1.03. The Morgan fingerprint density at radius 1 is 1.11 bits per heavy atom. The zero-order valence-electron chi connectivity index (χ0n) is 9.34. The lowest BCUT2D eigenvalue weighted by Crippen LogP contribution is -2.45. The van der Waals surface area contributed by atoms with E-state index in [0.717, 1.165) is 0 Å². The molecule has 0 aliphatic carbocycles. The number of hydrogen-bond donors (Lipinski definition) is 0. The number of carbonyl (C=O) groups excluding carboxylic acids is 2. The van der Waals surface area contributed by atoms with Crippen molar-refractivity contribution < 1.29 is 23.8 Å². The number of hydrogen-bond acceptors (Lipinski definition) is 5. The van der Waals surface area contributed by atoms with Crippen LogP contribution in [0.3, 0.4) is 0 Å². The smallest absolute Gasteiger partial charge is 0.267 e. The largest absolute Gasteiger partial charge is 0.469 e. The van der Waals surface area contributed by atoms with Gasteiger partial charge in [-0.1, -0.05) is 0 Å². The Labute approximate surface area is 102 Å². The third-order valence-electron chi connectivity index (χ3n) is 3.35. The summed E-state index contributed by atoms with van der Waals surface area (Å²) in [6.45, 7) is 0.137. The molecular formula is C12H9NO5. The molecule has 0 saturated carbocycles. The standard InChI is InChI=1S/C12H9NO5/c14-10-1-2-11-13(10)12(15)6-3-8-9(17-5-16-8)4-7(6)18-11/h3-4,11H,1-2,5H2. The molecular weight excluding hydrogens is 238 g/mol. The van der Waals surface area contributed by atoms with E-state index < -0.39 is 6.23 Å². The van der Waals surface area contributed by atoms with Crippen molar-refractivity contribution in [3.05, 3.63) is 17.7 Å². The Hall–Kier alpha value is -2.24. The molecule has 6 heteroatoms. The Bertz CT molecular complexity index is 582. The van der Waals surface area contributed by atoms with Gasteiger partial charge in [0.15, 0.2) is 17.7 Å². The van der Waals surface area contributed by atoms with E-state index in [9.17, 15) is 9.59 Å². The van der Waals surface area contributed by atoms with Crippen LogP contribution in [-0.4, -0.2) is 29.7 Å². The van der Waals surface area contributed by atoms with E-state index in [4.69, 9.17) is 14.2 Å². The van der Waals surface area contributed by atoms with Gasteiger partial charge in [-0.2, -0.15) is 0 Å². The van der Waals surface area contributed by atoms with Crippen LogP contribution in [0.2, 0.25) is 0 Å². The van der Waals surface area contributed by atoms with Crippen LogP contribution in [0, 0.1) is 0 Å². The molecule has 0 radical (unpaired) electrons. The Balaban J connectivity index is 1.85. The van der Waals surface area contributed by atoms with Crippen molar-refractivity contribution in [3.63, 3.8) is 0 Å². The minimum Gasteiger partial charge on any atom is -0.469 e. The molecule has 0 spiro atoms. The number of nitrogens with zero attached hydrogens (tertiary/aromatic N) is 1. The second kappa shape index (κ2) is 3.16. The van der Waals surface area contributed by atoms with Crippen molar-refractivity contribution in [2.45, 2.75) is 19.1 Å². The summed E-state index contributed by atoms with van der Waals surface area (Å²) in [6.07, 6.45) is 0.410. The maximum Gasteiger partial charge on any atom is 0.267 e. The zero-order valence-corrected chi connectivity index (χ0v) is 9.34. The molecule has 92 valence electrons.